The summed E-state index contributed by atoms with van der Waals surface area (Å²) in [5.41, 5.74) is 2.05. The molecular formula is C20H22N2O2. The second kappa shape index (κ2) is 7.30. The Morgan fingerprint density at radius 2 is 1.62 bits per heavy atom. The zero-order valence-corrected chi connectivity index (χ0v) is 13.9. The third-order valence-electron chi connectivity index (χ3n) is 4.49. The number of piperazine rings is 1. The predicted octanol–water partition coefficient (Wildman–Crippen LogP) is 3.06. The van der Waals surface area contributed by atoms with Gasteiger partial charge in [-0.15, -0.1) is 0 Å². The van der Waals surface area contributed by atoms with Gasteiger partial charge in [-0.1, -0.05) is 55.5 Å². The Morgan fingerprint density at radius 1 is 1.00 bits per heavy atom. The van der Waals surface area contributed by atoms with Gasteiger partial charge >= 0.3 is 0 Å². The van der Waals surface area contributed by atoms with Crippen molar-refractivity contribution in [3.05, 3.63) is 66.2 Å². The van der Waals surface area contributed by atoms with Crippen molar-refractivity contribution in [1.29, 1.82) is 0 Å². The molecule has 4 nitrogen and oxygen atoms in total. The van der Waals surface area contributed by atoms with Crippen LogP contribution in [0, 0.1) is 0 Å². The van der Waals surface area contributed by atoms with Crippen molar-refractivity contribution in [3.8, 4) is 0 Å². The Kier molecular flexibility index (Phi) is 4.94. The van der Waals surface area contributed by atoms with E-state index in [1.54, 1.807) is 9.80 Å². The molecule has 1 aliphatic heterocycles. The van der Waals surface area contributed by atoms with Gasteiger partial charge in [0.05, 0.1) is 0 Å². The normalized spacial score (nSPS) is 16.1. The van der Waals surface area contributed by atoms with E-state index in [2.05, 4.69) is 6.92 Å². The highest BCUT2D eigenvalue weighted by atomic mass is 16.2. The first-order chi connectivity index (χ1) is 11.6. The van der Waals surface area contributed by atoms with E-state index in [1.165, 1.54) is 0 Å². The number of carbonyl (C=O) groups excluding carboxylic acids is 2. The van der Waals surface area contributed by atoms with Gasteiger partial charge in [0.25, 0.3) is 0 Å². The van der Waals surface area contributed by atoms with Crippen LogP contribution in [0.3, 0.4) is 0 Å². The number of anilines is 1. The zero-order valence-electron chi connectivity index (χ0n) is 13.9. The second-order valence-electron chi connectivity index (χ2n) is 6.21. The summed E-state index contributed by atoms with van der Waals surface area (Å²) in [6.07, 6.45) is 0.433. The Bertz CT molecular complexity index is 700. The van der Waals surface area contributed by atoms with Crippen LogP contribution in [0.25, 0.3) is 0 Å². The summed E-state index contributed by atoms with van der Waals surface area (Å²) >= 11 is 0. The van der Waals surface area contributed by atoms with E-state index in [0.29, 0.717) is 19.5 Å². The van der Waals surface area contributed by atoms with Crippen LogP contribution in [0.5, 0.6) is 0 Å². The fraction of sp³-hybridized carbons (Fsp3) is 0.300. The first-order valence-electron chi connectivity index (χ1n) is 8.33. The predicted molar refractivity (Wildman–Crippen MR) is 94.8 cm³/mol. The average Bonchev–Trinajstić information content (AvgIpc) is 2.63. The van der Waals surface area contributed by atoms with E-state index in [-0.39, 0.29) is 24.3 Å². The number of rotatable bonds is 4. The quantitative estimate of drug-likeness (QED) is 0.868. The van der Waals surface area contributed by atoms with Gasteiger partial charge in [-0.25, -0.2) is 0 Å². The van der Waals surface area contributed by atoms with Gasteiger partial charge in [0.15, 0.2) is 0 Å². The van der Waals surface area contributed by atoms with E-state index < -0.39 is 0 Å². The van der Waals surface area contributed by atoms with Gasteiger partial charge in [0.1, 0.15) is 6.54 Å². The average molecular weight is 322 g/mol. The van der Waals surface area contributed by atoms with Crippen molar-refractivity contribution in [2.45, 2.75) is 19.3 Å². The molecule has 0 spiro atoms. The number of nitrogens with zero attached hydrogens (tertiary/aromatic N) is 2. The molecular weight excluding hydrogens is 300 g/mol. The van der Waals surface area contributed by atoms with E-state index in [9.17, 15) is 9.59 Å². The van der Waals surface area contributed by atoms with E-state index in [1.807, 2.05) is 60.7 Å². The van der Waals surface area contributed by atoms with Crippen LogP contribution in [0.4, 0.5) is 5.69 Å². The third kappa shape index (κ3) is 3.65. The summed E-state index contributed by atoms with van der Waals surface area (Å²) in [5, 5.41) is 0. The topological polar surface area (TPSA) is 40.6 Å². The summed E-state index contributed by atoms with van der Waals surface area (Å²) in [6, 6.07) is 19.6. The van der Waals surface area contributed by atoms with Gasteiger partial charge in [0.2, 0.25) is 11.8 Å². The monoisotopic (exact) mass is 322 g/mol. The highest BCUT2D eigenvalue weighted by Crippen LogP contribution is 2.21. The van der Waals surface area contributed by atoms with Crippen LogP contribution in [0.15, 0.2) is 60.7 Å². The standard InChI is InChI=1S/C20H22N2O2/c1-16(17-8-4-2-5-9-17)14-19(23)21-12-13-22(20(24)15-21)18-10-6-3-7-11-18/h2-11,16H,12-15H2,1H3/t16-/m1/s1. The molecule has 1 atom stereocenters. The Balaban J connectivity index is 1.59. The molecule has 2 aromatic carbocycles. The smallest absolute Gasteiger partial charge is 0.246 e. The fourth-order valence-corrected chi connectivity index (χ4v) is 3.06. The lowest BCUT2D eigenvalue weighted by molar-refractivity contribution is -0.137. The number of amides is 2. The molecule has 2 aromatic rings. The third-order valence-corrected chi connectivity index (χ3v) is 4.49. The zero-order chi connectivity index (χ0) is 16.9. The lowest BCUT2D eigenvalue weighted by Crippen LogP contribution is -2.52. The van der Waals surface area contributed by atoms with E-state index >= 15 is 0 Å². The van der Waals surface area contributed by atoms with Gasteiger partial charge < -0.3 is 9.80 Å². The molecule has 0 saturated carbocycles. The maximum atomic E-state index is 12.5. The first-order valence-corrected chi connectivity index (χ1v) is 8.33. The molecule has 0 bridgehead atoms. The van der Waals surface area contributed by atoms with Crippen molar-refractivity contribution < 1.29 is 9.59 Å². The minimum atomic E-state index is -0.0202. The molecule has 124 valence electrons. The first kappa shape index (κ1) is 16.2. The molecule has 1 fully saturated rings. The number of carbonyl (C=O) groups is 2. The van der Waals surface area contributed by atoms with Crippen LogP contribution in [-0.2, 0) is 9.59 Å². The van der Waals surface area contributed by atoms with Crippen molar-refractivity contribution in [2.75, 3.05) is 24.5 Å². The number of benzene rings is 2. The van der Waals surface area contributed by atoms with Gasteiger partial charge in [-0.2, -0.15) is 0 Å². The molecule has 0 N–H and O–H groups in total. The lowest BCUT2D eigenvalue weighted by Gasteiger charge is -2.34. The van der Waals surface area contributed by atoms with Crippen LogP contribution in [0.1, 0.15) is 24.8 Å². The molecule has 24 heavy (non-hydrogen) atoms. The van der Waals surface area contributed by atoms with E-state index in [4.69, 9.17) is 0 Å². The largest absolute Gasteiger partial charge is 0.332 e. The molecule has 1 saturated heterocycles. The lowest BCUT2D eigenvalue weighted by atomic mass is 9.97. The van der Waals surface area contributed by atoms with Crippen molar-refractivity contribution in [2.24, 2.45) is 0 Å². The molecule has 0 aliphatic carbocycles. The summed E-state index contributed by atoms with van der Waals surface area (Å²) < 4.78 is 0. The minimum absolute atomic E-state index is 0.0202. The number of para-hydroxylation sites is 1. The Labute approximate surface area is 142 Å². The van der Waals surface area contributed by atoms with Crippen molar-refractivity contribution in [3.63, 3.8) is 0 Å². The highest BCUT2D eigenvalue weighted by molar-refractivity contribution is 5.97. The van der Waals surface area contributed by atoms with Crippen molar-refractivity contribution in [1.82, 2.24) is 4.90 Å². The van der Waals surface area contributed by atoms with Gasteiger partial charge in [-0.05, 0) is 23.6 Å². The molecule has 3 rings (SSSR count). The maximum Gasteiger partial charge on any atom is 0.246 e. The molecule has 0 unspecified atom stereocenters. The molecule has 1 heterocycles. The number of hydrogen-bond acceptors (Lipinski definition) is 2. The summed E-state index contributed by atoms with van der Waals surface area (Å²) in [7, 11) is 0. The molecule has 2 amide bonds. The summed E-state index contributed by atoms with van der Waals surface area (Å²) in [4.78, 5) is 28.4. The van der Waals surface area contributed by atoms with Gasteiger partial charge in [-0.3, -0.25) is 9.59 Å². The van der Waals surface area contributed by atoms with Crippen LogP contribution in [0.2, 0.25) is 0 Å². The number of hydrogen-bond donors (Lipinski definition) is 0. The molecule has 0 radical (unpaired) electrons. The van der Waals surface area contributed by atoms with Crippen molar-refractivity contribution >= 4 is 17.5 Å². The van der Waals surface area contributed by atoms with Crippen LogP contribution >= 0.6 is 0 Å². The van der Waals surface area contributed by atoms with Gasteiger partial charge in [0, 0.05) is 25.2 Å². The van der Waals surface area contributed by atoms with Crippen LogP contribution < -0.4 is 4.90 Å². The molecule has 1 aliphatic rings. The summed E-state index contributed by atoms with van der Waals surface area (Å²) in [5.74, 6) is 0.182. The fourth-order valence-electron chi connectivity index (χ4n) is 3.06. The van der Waals surface area contributed by atoms with Crippen LogP contribution in [-0.4, -0.2) is 36.3 Å². The minimum Gasteiger partial charge on any atom is -0.332 e. The molecule has 4 heteroatoms. The molecule has 0 aromatic heterocycles. The van der Waals surface area contributed by atoms with E-state index in [0.717, 1.165) is 11.3 Å². The highest BCUT2D eigenvalue weighted by Gasteiger charge is 2.28. The maximum absolute atomic E-state index is 12.5. The Hall–Kier alpha value is -2.62. The summed E-state index contributed by atoms with van der Waals surface area (Å²) in [6.45, 7) is 3.35. The second-order valence-corrected chi connectivity index (χ2v) is 6.21. The SMILES string of the molecule is C[C@H](CC(=O)N1CCN(c2ccccc2)C(=O)C1)c1ccccc1. The Morgan fingerprint density at radius 3 is 2.25 bits per heavy atom.